The minimum absolute atomic E-state index is 0.0587. The van der Waals surface area contributed by atoms with Crippen molar-refractivity contribution in [2.24, 2.45) is 5.92 Å². The Morgan fingerprint density at radius 3 is 2.45 bits per heavy atom. The molecule has 0 aromatic rings. The highest BCUT2D eigenvalue weighted by atomic mass is 16.4. The van der Waals surface area contributed by atoms with Crippen LogP contribution in [-0.2, 0) is 9.59 Å². The predicted molar refractivity (Wildman–Crippen MR) is 74.3 cm³/mol. The second-order valence-electron chi connectivity index (χ2n) is 6.62. The lowest BCUT2D eigenvalue weighted by molar-refractivity contribution is -0.152. The van der Waals surface area contributed by atoms with Gasteiger partial charge in [0.25, 0.3) is 0 Å². The molecule has 3 aliphatic rings. The van der Waals surface area contributed by atoms with Crippen molar-refractivity contribution in [2.45, 2.75) is 69.5 Å². The van der Waals surface area contributed by atoms with Crippen molar-refractivity contribution >= 4 is 11.9 Å². The van der Waals surface area contributed by atoms with Crippen LogP contribution in [0.2, 0.25) is 0 Å². The highest BCUT2D eigenvalue weighted by Gasteiger charge is 2.37. The topological polar surface area (TPSA) is 69.6 Å². The van der Waals surface area contributed by atoms with Crippen LogP contribution in [-0.4, -0.2) is 46.6 Å². The van der Waals surface area contributed by atoms with Crippen LogP contribution in [0.15, 0.2) is 0 Å². The third-order valence-corrected chi connectivity index (χ3v) is 5.14. The van der Waals surface area contributed by atoms with E-state index in [9.17, 15) is 14.7 Å². The van der Waals surface area contributed by atoms with E-state index in [1.165, 1.54) is 12.8 Å². The van der Waals surface area contributed by atoms with Crippen LogP contribution in [0.25, 0.3) is 0 Å². The SMILES string of the molecule is O=C(O)[C@H]1CCCCN1C(=O)CC1CC2CCC(C1)N2. The van der Waals surface area contributed by atoms with Gasteiger partial charge in [-0.2, -0.15) is 0 Å². The largest absolute Gasteiger partial charge is 0.480 e. The molecule has 5 nitrogen and oxygen atoms in total. The van der Waals surface area contributed by atoms with Gasteiger partial charge < -0.3 is 15.3 Å². The highest BCUT2D eigenvalue weighted by molar-refractivity contribution is 5.84. The number of nitrogens with one attached hydrogen (secondary N) is 1. The van der Waals surface area contributed by atoms with Crippen molar-refractivity contribution in [3.8, 4) is 0 Å². The molecule has 3 rings (SSSR count). The molecule has 2 bridgehead atoms. The van der Waals surface area contributed by atoms with E-state index in [4.69, 9.17) is 0 Å². The van der Waals surface area contributed by atoms with E-state index < -0.39 is 12.0 Å². The molecule has 0 aromatic heterocycles. The van der Waals surface area contributed by atoms with Crippen LogP contribution >= 0.6 is 0 Å². The lowest BCUT2D eigenvalue weighted by Crippen LogP contribution is -2.49. The number of hydrogen-bond acceptors (Lipinski definition) is 3. The van der Waals surface area contributed by atoms with Gasteiger partial charge in [-0.05, 0) is 50.9 Å². The summed E-state index contributed by atoms with van der Waals surface area (Å²) >= 11 is 0. The molecule has 0 saturated carbocycles. The summed E-state index contributed by atoms with van der Waals surface area (Å²) in [6.45, 7) is 0.619. The number of nitrogens with zero attached hydrogens (tertiary/aromatic N) is 1. The maximum absolute atomic E-state index is 12.5. The molecule has 3 aliphatic heterocycles. The Morgan fingerprint density at radius 1 is 1.10 bits per heavy atom. The standard InChI is InChI=1S/C15H24N2O3/c18-14(17-6-2-1-3-13(17)15(19)20)9-10-7-11-4-5-12(8-10)16-11/h10-13,16H,1-9H2,(H,19,20)/t10?,11?,12?,13-/m1/s1. The number of carbonyl (C=O) groups is 2. The van der Waals surface area contributed by atoms with E-state index in [1.54, 1.807) is 4.90 Å². The van der Waals surface area contributed by atoms with E-state index in [-0.39, 0.29) is 5.91 Å². The van der Waals surface area contributed by atoms with Crippen molar-refractivity contribution < 1.29 is 14.7 Å². The average Bonchev–Trinajstić information content (AvgIpc) is 2.78. The Bertz CT molecular complexity index is 387. The smallest absolute Gasteiger partial charge is 0.326 e. The van der Waals surface area contributed by atoms with Gasteiger partial charge in [-0.1, -0.05) is 0 Å². The van der Waals surface area contributed by atoms with Gasteiger partial charge in [-0.15, -0.1) is 0 Å². The summed E-state index contributed by atoms with van der Waals surface area (Å²) in [5.41, 5.74) is 0. The van der Waals surface area contributed by atoms with Crippen molar-refractivity contribution in [2.75, 3.05) is 6.54 Å². The molecule has 3 heterocycles. The molecule has 3 atom stereocenters. The molecular weight excluding hydrogens is 256 g/mol. The summed E-state index contributed by atoms with van der Waals surface area (Å²) in [5.74, 6) is -0.343. The second-order valence-corrected chi connectivity index (χ2v) is 6.62. The fourth-order valence-electron chi connectivity index (χ4n) is 4.19. The zero-order valence-electron chi connectivity index (χ0n) is 11.9. The Balaban J connectivity index is 1.59. The maximum atomic E-state index is 12.5. The number of hydrogen-bond donors (Lipinski definition) is 2. The number of fused-ring (bicyclic) bond motifs is 2. The highest BCUT2D eigenvalue weighted by Crippen LogP contribution is 2.33. The van der Waals surface area contributed by atoms with Gasteiger partial charge in [0.05, 0.1) is 0 Å². The van der Waals surface area contributed by atoms with Crippen molar-refractivity contribution in [3.63, 3.8) is 0 Å². The summed E-state index contributed by atoms with van der Waals surface area (Å²) in [7, 11) is 0. The first-order valence-corrected chi connectivity index (χ1v) is 7.92. The van der Waals surface area contributed by atoms with Gasteiger partial charge in [0.2, 0.25) is 5.91 Å². The van der Waals surface area contributed by atoms with Gasteiger partial charge >= 0.3 is 5.97 Å². The van der Waals surface area contributed by atoms with Gasteiger partial charge in [-0.3, -0.25) is 4.79 Å². The van der Waals surface area contributed by atoms with Crippen LogP contribution in [0.1, 0.15) is 51.4 Å². The third-order valence-electron chi connectivity index (χ3n) is 5.14. The molecule has 0 radical (unpaired) electrons. The van der Waals surface area contributed by atoms with Crippen LogP contribution in [0, 0.1) is 5.92 Å². The number of carbonyl (C=O) groups excluding carboxylic acids is 1. The lowest BCUT2D eigenvalue weighted by Gasteiger charge is -2.35. The molecule has 3 saturated heterocycles. The predicted octanol–water partition coefficient (Wildman–Crippen LogP) is 1.37. The fourth-order valence-corrected chi connectivity index (χ4v) is 4.19. The van der Waals surface area contributed by atoms with Crippen molar-refractivity contribution in [1.29, 1.82) is 0 Å². The first kappa shape index (κ1) is 13.9. The third kappa shape index (κ3) is 2.82. The van der Waals surface area contributed by atoms with E-state index in [0.717, 1.165) is 25.7 Å². The van der Waals surface area contributed by atoms with Crippen LogP contribution in [0.4, 0.5) is 0 Å². The minimum Gasteiger partial charge on any atom is -0.480 e. The quantitative estimate of drug-likeness (QED) is 0.819. The first-order valence-electron chi connectivity index (χ1n) is 7.92. The number of piperidine rings is 2. The number of rotatable bonds is 3. The van der Waals surface area contributed by atoms with Gasteiger partial charge in [0.1, 0.15) is 6.04 Å². The lowest BCUT2D eigenvalue weighted by atomic mass is 9.88. The molecule has 2 N–H and O–H groups in total. The van der Waals surface area contributed by atoms with Crippen molar-refractivity contribution in [1.82, 2.24) is 10.2 Å². The van der Waals surface area contributed by atoms with Gasteiger partial charge in [-0.25, -0.2) is 4.79 Å². The minimum atomic E-state index is -0.844. The molecule has 2 unspecified atom stereocenters. The summed E-state index contributed by atoms with van der Waals surface area (Å²) < 4.78 is 0. The summed E-state index contributed by atoms with van der Waals surface area (Å²) in [6.07, 6.45) is 7.62. The molecule has 1 amide bonds. The molecule has 0 spiro atoms. The number of carboxylic acids is 1. The van der Waals surface area contributed by atoms with E-state index >= 15 is 0 Å². The number of amides is 1. The van der Waals surface area contributed by atoms with Crippen molar-refractivity contribution in [3.05, 3.63) is 0 Å². The molecule has 0 aliphatic carbocycles. The zero-order chi connectivity index (χ0) is 14.1. The Kier molecular flexibility index (Phi) is 3.96. The molecule has 0 aromatic carbocycles. The second kappa shape index (κ2) is 5.72. The van der Waals surface area contributed by atoms with Crippen LogP contribution < -0.4 is 5.32 Å². The first-order chi connectivity index (χ1) is 9.63. The number of likely N-dealkylation sites (tertiary alicyclic amines) is 1. The summed E-state index contributed by atoms with van der Waals surface area (Å²) in [6, 6.07) is 0.584. The monoisotopic (exact) mass is 280 g/mol. The fraction of sp³-hybridized carbons (Fsp3) is 0.867. The van der Waals surface area contributed by atoms with Crippen LogP contribution in [0.5, 0.6) is 0 Å². The summed E-state index contributed by atoms with van der Waals surface area (Å²) in [4.78, 5) is 25.3. The molecule has 5 heteroatoms. The Morgan fingerprint density at radius 2 is 1.80 bits per heavy atom. The normalized spacial score (nSPS) is 36.9. The van der Waals surface area contributed by atoms with Crippen LogP contribution in [0.3, 0.4) is 0 Å². The van der Waals surface area contributed by atoms with Gasteiger partial charge in [0, 0.05) is 25.0 Å². The Hall–Kier alpha value is -1.10. The zero-order valence-corrected chi connectivity index (χ0v) is 11.9. The van der Waals surface area contributed by atoms with E-state index in [0.29, 0.717) is 37.4 Å². The molecular formula is C15H24N2O3. The molecule has 20 heavy (non-hydrogen) atoms. The van der Waals surface area contributed by atoms with E-state index in [2.05, 4.69) is 5.32 Å². The number of carboxylic acid groups (broad SMARTS) is 1. The van der Waals surface area contributed by atoms with E-state index in [1.807, 2.05) is 0 Å². The van der Waals surface area contributed by atoms with Gasteiger partial charge in [0.15, 0.2) is 0 Å². The number of aliphatic carboxylic acids is 1. The average molecular weight is 280 g/mol. The maximum Gasteiger partial charge on any atom is 0.326 e. The Labute approximate surface area is 119 Å². The molecule has 3 fully saturated rings. The summed E-state index contributed by atoms with van der Waals surface area (Å²) in [5, 5.41) is 12.8. The molecule has 112 valence electrons.